The zero-order chi connectivity index (χ0) is 19.3. The van der Waals surface area contributed by atoms with Gasteiger partial charge in [0.15, 0.2) is 0 Å². The number of hydrogen-bond donors (Lipinski definition) is 0. The van der Waals surface area contributed by atoms with E-state index in [-0.39, 0.29) is 12.3 Å². The van der Waals surface area contributed by atoms with Crippen molar-refractivity contribution >= 4 is 11.6 Å². The molecule has 0 bridgehead atoms. The number of benzene rings is 2. The minimum atomic E-state index is -0.00424. The van der Waals surface area contributed by atoms with E-state index in [1.807, 2.05) is 67.6 Å². The summed E-state index contributed by atoms with van der Waals surface area (Å²) in [6, 6.07) is 19.2. The van der Waals surface area contributed by atoms with Crippen LogP contribution in [-0.4, -0.2) is 26.1 Å². The number of rotatable bonds is 6. The van der Waals surface area contributed by atoms with Gasteiger partial charge in [0, 0.05) is 5.69 Å². The Morgan fingerprint density at radius 3 is 2.50 bits per heavy atom. The number of nitrogens with zero attached hydrogens (tertiary/aromatic N) is 5. The topological polar surface area (TPSA) is 77.0 Å². The summed E-state index contributed by atoms with van der Waals surface area (Å²) in [6.45, 7) is 2.41. The molecule has 0 atom stereocenters. The van der Waals surface area contributed by atoms with E-state index in [0.717, 1.165) is 28.3 Å². The van der Waals surface area contributed by atoms with Crippen molar-refractivity contribution in [2.45, 2.75) is 19.9 Å². The summed E-state index contributed by atoms with van der Waals surface area (Å²) in [4.78, 5) is 14.8. The van der Waals surface area contributed by atoms with Crippen LogP contribution in [0.3, 0.4) is 0 Å². The first-order valence-corrected chi connectivity index (χ1v) is 8.91. The van der Waals surface area contributed by atoms with Crippen LogP contribution in [0.15, 0.2) is 77.7 Å². The molecule has 7 nitrogen and oxygen atoms in total. The highest BCUT2D eigenvalue weighted by Crippen LogP contribution is 2.20. The standard InChI is InChI=1S/C21H19N5O2/c1-16-4-8-18(9-5-16)25(14-20-3-2-12-28-20)21(27)13-17-6-10-19(11-7-17)26-15-22-23-24-26/h2-12,15H,13-14H2,1H3. The highest BCUT2D eigenvalue weighted by Gasteiger charge is 2.18. The second-order valence-electron chi connectivity index (χ2n) is 6.49. The van der Waals surface area contributed by atoms with Gasteiger partial charge in [0.2, 0.25) is 5.91 Å². The van der Waals surface area contributed by atoms with Crippen LogP contribution in [0.5, 0.6) is 0 Å². The molecule has 0 spiro atoms. The lowest BCUT2D eigenvalue weighted by atomic mass is 10.1. The lowest BCUT2D eigenvalue weighted by molar-refractivity contribution is -0.118. The van der Waals surface area contributed by atoms with Crippen LogP contribution in [0.2, 0.25) is 0 Å². The first kappa shape index (κ1) is 17.7. The van der Waals surface area contributed by atoms with Crippen molar-refractivity contribution in [1.82, 2.24) is 20.2 Å². The maximum absolute atomic E-state index is 13.1. The second-order valence-corrected chi connectivity index (χ2v) is 6.49. The largest absolute Gasteiger partial charge is 0.467 e. The molecule has 0 aliphatic heterocycles. The summed E-state index contributed by atoms with van der Waals surface area (Å²) < 4.78 is 7.02. The van der Waals surface area contributed by atoms with Gasteiger partial charge in [0.25, 0.3) is 0 Å². The van der Waals surface area contributed by atoms with E-state index < -0.39 is 0 Å². The first-order valence-electron chi connectivity index (χ1n) is 8.91. The van der Waals surface area contributed by atoms with Gasteiger partial charge in [-0.05, 0) is 59.3 Å². The van der Waals surface area contributed by atoms with Crippen LogP contribution in [0.1, 0.15) is 16.9 Å². The van der Waals surface area contributed by atoms with Gasteiger partial charge in [-0.15, -0.1) is 5.10 Å². The first-order chi connectivity index (χ1) is 13.7. The molecule has 2 aromatic heterocycles. The Balaban J connectivity index is 1.54. The number of carbonyl (C=O) groups is 1. The average molecular weight is 373 g/mol. The van der Waals surface area contributed by atoms with Crippen molar-refractivity contribution in [2.24, 2.45) is 0 Å². The zero-order valence-electron chi connectivity index (χ0n) is 15.4. The van der Waals surface area contributed by atoms with Crippen LogP contribution in [0.4, 0.5) is 5.69 Å². The smallest absolute Gasteiger partial charge is 0.231 e. The fourth-order valence-corrected chi connectivity index (χ4v) is 2.92. The molecule has 28 heavy (non-hydrogen) atoms. The van der Waals surface area contributed by atoms with Gasteiger partial charge in [0.05, 0.1) is 24.9 Å². The quantitative estimate of drug-likeness (QED) is 0.518. The van der Waals surface area contributed by atoms with E-state index in [0.29, 0.717) is 6.54 Å². The van der Waals surface area contributed by atoms with Crippen molar-refractivity contribution in [1.29, 1.82) is 0 Å². The lowest BCUT2D eigenvalue weighted by Gasteiger charge is -2.22. The van der Waals surface area contributed by atoms with E-state index in [4.69, 9.17) is 4.42 Å². The number of aromatic nitrogens is 4. The van der Waals surface area contributed by atoms with Crippen molar-refractivity contribution in [3.63, 3.8) is 0 Å². The molecule has 0 saturated heterocycles. The van der Waals surface area contributed by atoms with E-state index >= 15 is 0 Å². The number of amides is 1. The third-order valence-electron chi connectivity index (χ3n) is 4.45. The van der Waals surface area contributed by atoms with Crippen molar-refractivity contribution < 1.29 is 9.21 Å². The second kappa shape index (κ2) is 7.87. The number of furan rings is 1. The Kier molecular flexibility index (Phi) is 4.97. The fraction of sp³-hybridized carbons (Fsp3) is 0.143. The monoisotopic (exact) mass is 373 g/mol. The fourth-order valence-electron chi connectivity index (χ4n) is 2.92. The molecular formula is C21H19N5O2. The SMILES string of the molecule is Cc1ccc(N(Cc2ccco2)C(=O)Cc2ccc(-n3cnnn3)cc2)cc1. The predicted molar refractivity (Wildman–Crippen MR) is 104 cm³/mol. The average Bonchev–Trinajstić information content (AvgIpc) is 3.42. The van der Waals surface area contributed by atoms with Crippen LogP contribution < -0.4 is 4.90 Å². The Labute approximate surface area is 162 Å². The number of hydrogen-bond acceptors (Lipinski definition) is 5. The molecule has 4 rings (SSSR count). The summed E-state index contributed by atoms with van der Waals surface area (Å²) in [6.07, 6.45) is 3.43. The maximum atomic E-state index is 13.1. The summed E-state index contributed by atoms with van der Waals surface area (Å²) >= 11 is 0. The maximum Gasteiger partial charge on any atom is 0.231 e. The Bertz CT molecular complexity index is 1020. The number of aryl methyl sites for hydroxylation is 1. The van der Waals surface area contributed by atoms with Gasteiger partial charge < -0.3 is 9.32 Å². The Morgan fingerprint density at radius 2 is 1.86 bits per heavy atom. The van der Waals surface area contributed by atoms with Gasteiger partial charge in [0.1, 0.15) is 12.1 Å². The van der Waals surface area contributed by atoms with Gasteiger partial charge in [-0.2, -0.15) is 0 Å². The summed E-state index contributed by atoms with van der Waals surface area (Å²) in [7, 11) is 0. The van der Waals surface area contributed by atoms with Crippen LogP contribution in [0, 0.1) is 6.92 Å². The zero-order valence-corrected chi connectivity index (χ0v) is 15.4. The van der Waals surface area contributed by atoms with E-state index in [9.17, 15) is 4.79 Å². The molecule has 0 aliphatic carbocycles. The van der Waals surface area contributed by atoms with Gasteiger partial charge in [-0.3, -0.25) is 4.79 Å². The van der Waals surface area contributed by atoms with Crippen molar-refractivity contribution in [2.75, 3.05) is 4.90 Å². The highest BCUT2D eigenvalue weighted by molar-refractivity contribution is 5.94. The van der Waals surface area contributed by atoms with E-state index in [2.05, 4.69) is 15.5 Å². The minimum absolute atomic E-state index is 0.00424. The van der Waals surface area contributed by atoms with Crippen LogP contribution >= 0.6 is 0 Å². The molecule has 140 valence electrons. The van der Waals surface area contributed by atoms with Gasteiger partial charge in [-0.25, -0.2) is 4.68 Å². The Morgan fingerprint density at radius 1 is 1.07 bits per heavy atom. The van der Waals surface area contributed by atoms with Crippen molar-refractivity contribution in [3.05, 3.63) is 90.1 Å². The molecule has 1 amide bonds. The Hall–Kier alpha value is -3.74. The molecule has 2 aromatic carbocycles. The molecule has 7 heteroatoms. The summed E-state index contributed by atoms with van der Waals surface area (Å²) in [5.74, 6) is 0.735. The molecular weight excluding hydrogens is 354 g/mol. The molecule has 0 fully saturated rings. The lowest BCUT2D eigenvalue weighted by Crippen LogP contribution is -2.31. The summed E-state index contributed by atoms with van der Waals surface area (Å²) in [5.41, 5.74) is 3.75. The predicted octanol–water partition coefficient (Wildman–Crippen LogP) is 3.34. The van der Waals surface area contributed by atoms with Crippen LogP contribution in [-0.2, 0) is 17.8 Å². The molecule has 0 radical (unpaired) electrons. The number of anilines is 1. The highest BCUT2D eigenvalue weighted by atomic mass is 16.3. The van der Waals surface area contributed by atoms with Crippen LogP contribution in [0.25, 0.3) is 5.69 Å². The molecule has 4 aromatic rings. The minimum Gasteiger partial charge on any atom is -0.467 e. The normalized spacial score (nSPS) is 10.8. The third kappa shape index (κ3) is 3.98. The number of carbonyl (C=O) groups excluding carboxylic acids is 1. The van der Waals surface area contributed by atoms with Crippen molar-refractivity contribution in [3.8, 4) is 5.69 Å². The van der Waals surface area contributed by atoms with Gasteiger partial charge in [-0.1, -0.05) is 29.8 Å². The third-order valence-corrected chi connectivity index (χ3v) is 4.45. The molecule has 0 N–H and O–H groups in total. The van der Waals surface area contributed by atoms with E-state index in [1.165, 1.54) is 6.33 Å². The van der Waals surface area contributed by atoms with Gasteiger partial charge >= 0.3 is 0 Å². The van der Waals surface area contributed by atoms with E-state index in [1.54, 1.807) is 15.8 Å². The molecule has 0 saturated carbocycles. The number of tetrazole rings is 1. The molecule has 2 heterocycles. The molecule has 0 aliphatic rings. The summed E-state index contributed by atoms with van der Waals surface area (Å²) in [5, 5.41) is 11.1. The molecule has 0 unspecified atom stereocenters.